The summed E-state index contributed by atoms with van der Waals surface area (Å²) in [6.45, 7) is 3.98. The molecule has 31 heavy (non-hydrogen) atoms. The largest absolute Gasteiger partial charge is 0.324 e. The quantitative estimate of drug-likeness (QED) is 0.533. The van der Waals surface area contributed by atoms with Crippen LogP contribution in [0.25, 0.3) is 11.0 Å². The third kappa shape index (κ3) is 3.40. The van der Waals surface area contributed by atoms with Gasteiger partial charge >= 0.3 is 0 Å². The Balaban J connectivity index is 1.57. The molecule has 3 heterocycles. The normalized spacial score (nSPS) is 13.2. The number of rotatable bonds is 4. The molecule has 0 spiro atoms. The Labute approximate surface area is 178 Å². The van der Waals surface area contributed by atoms with E-state index in [2.05, 4.69) is 32.7 Å². The van der Waals surface area contributed by atoms with Gasteiger partial charge in [-0.05, 0) is 55.3 Å². The Morgan fingerprint density at radius 2 is 2.00 bits per heavy atom. The van der Waals surface area contributed by atoms with Crippen LogP contribution in [0, 0.1) is 0 Å². The van der Waals surface area contributed by atoms with Crippen molar-refractivity contribution in [2.45, 2.75) is 26.4 Å². The fourth-order valence-electron chi connectivity index (χ4n) is 3.97. The summed E-state index contributed by atoms with van der Waals surface area (Å²) in [6, 6.07) is 15.1. The lowest BCUT2D eigenvalue weighted by molar-refractivity contribution is 0.0932. The summed E-state index contributed by atoms with van der Waals surface area (Å²) < 4.78 is 2.74. The lowest BCUT2D eigenvalue weighted by Gasteiger charge is -2.18. The van der Waals surface area contributed by atoms with Gasteiger partial charge in [0.15, 0.2) is 5.65 Å². The van der Waals surface area contributed by atoms with Crippen LogP contribution in [0.3, 0.4) is 0 Å². The highest BCUT2D eigenvalue weighted by molar-refractivity contribution is 6.00. The first-order valence-corrected chi connectivity index (χ1v) is 10.3. The Morgan fingerprint density at radius 3 is 2.81 bits per heavy atom. The molecule has 2 N–H and O–H groups in total. The molecular weight excluding hydrogens is 392 g/mol. The van der Waals surface area contributed by atoms with Crippen LogP contribution in [-0.4, -0.2) is 31.8 Å². The second kappa shape index (κ2) is 7.81. The first-order valence-electron chi connectivity index (χ1n) is 10.3. The maximum atomic E-state index is 13.2. The summed E-state index contributed by atoms with van der Waals surface area (Å²) in [5.74, 6) is 0.0261. The summed E-state index contributed by atoms with van der Waals surface area (Å²) in [4.78, 5) is 34.9. The van der Waals surface area contributed by atoms with E-state index in [1.165, 1.54) is 26.7 Å². The van der Waals surface area contributed by atoms with Gasteiger partial charge in [0.1, 0.15) is 5.39 Å². The van der Waals surface area contributed by atoms with E-state index in [1.54, 1.807) is 24.3 Å². The highest BCUT2D eigenvalue weighted by atomic mass is 16.2. The van der Waals surface area contributed by atoms with Crippen LogP contribution in [-0.2, 0) is 19.5 Å². The van der Waals surface area contributed by atoms with Crippen LogP contribution < -0.4 is 16.2 Å². The van der Waals surface area contributed by atoms with Gasteiger partial charge in [0.25, 0.3) is 11.5 Å². The number of hydrogen-bond acceptors (Lipinski definition) is 6. The highest BCUT2D eigenvalue weighted by Gasteiger charge is 2.21. The summed E-state index contributed by atoms with van der Waals surface area (Å²) >= 11 is 0. The highest BCUT2D eigenvalue weighted by Crippen LogP contribution is 2.22. The van der Waals surface area contributed by atoms with Crippen molar-refractivity contribution in [2.24, 2.45) is 0 Å². The molecule has 8 nitrogen and oxygen atoms in total. The van der Waals surface area contributed by atoms with Gasteiger partial charge in [-0.25, -0.2) is 9.67 Å². The molecule has 0 aliphatic carbocycles. The molecule has 4 aromatic rings. The molecule has 2 aromatic heterocycles. The molecule has 0 atom stereocenters. The maximum absolute atomic E-state index is 13.2. The topological polar surface area (TPSA) is 93.8 Å². The maximum Gasteiger partial charge on any atom is 0.278 e. The lowest BCUT2D eigenvalue weighted by atomic mass is 10.0. The van der Waals surface area contributed by atoms with Crippen molar-refractivity contribution >= 4 is 28.6 Å². The van der Waals surface area contributed by atoms with Crippen LogP contribution >= 0.6 is 0 Å². The van der Waals surface area contributed by atoms with Gasteiger partial charge in [-0.2, -0.15) is 9.67 Å². The average Bonchev–Trinajstić information content (AvgIpc) is 3.10. The van der Waals surface area contributed by atoms with Gasteiger partial charge in [-0.1, -0.05) is 24.3 Å². The molecule has 0 saturated carbocycles. The third-order valence-corrected chi connectivity index (χ3v) is 5.54. The molecule has 0 saturated heterocycles. The molecule has 0 radical (unpaired) electrons. The molecule has 8 heteroatoms. The fourth-order valence-corrected chi connectivity index (χ4v) is 3.97. The second-order valence-corrected chi connectivity index (χ2v) is 7.47. The first-order chi connectivity index (χ1) is 15.2. The Bertz CT molecular complexity index is 1340. The Morgan fingerprint density at radius 1 is 1.16 bits per heavy atom. The first kappa shape index (κ1) is 19.2. The standard InChI is InChI=1S/C23H22N6O2/c1-2-28-22(31)19-14-25-23(26-18-9-8-15-10-11-24-13-17(15)12-18)27-20(19)29(28)21(30)16-6-4-3-5-7-16/h3-9,12,14,24H,2,10-11,13H2,1H3,(H,25,26,27). The SMILES string of the molecule is CCn1c(=O)c2cnc(Nc3ccc4c(c3)CNCC4)nc2n1C(=O)c1ccccc1. The minimum Gasteiger partial charge on any atom is -0.324 e. The van der Waals surface area contributed by atoms with Crippen LogP contribution in [0.2, 0.25) is 0 Å². The number of benzene rings is 2. The number of hydrogen-bond donors (Lipinski definition) is 2. The van der Waals surface area contributed by atoms with E-state index in [4.69, 9.17) is 0 Å². The fraction of sp³-hybridized carbons (Fsp3) is 0.217. The van der Waals surface area contributed by atoms with Crippen molar-refractivity contribution in [1.82, 2.24) is 24.6 Å². The molecule has 1 aliphatic rings. The van der Waals surface area contributed by atoms with Crippen LogP contribution in [0.1, 0.15) is 28.4 Å². The minimum absolute atomic E-state index is 0.284. The zero-order valence-corrected chi connectivity index (χ0v) is 17.1. The molecule has 0 bridgehead atoms. The lowest BCUT2D eigenvalue weighted by Crippen LogP contribution is -2.27. The van der Waals surface area contributed by atoms with Crippen molar-refractivity contribution in [3.8, 4) is 0 Å². The number of nitrogens with zero attached hydrogens (tertiary/aromatic N) is 4. The molecule has 5 rings (SSSR count). The van der Waals surface area contributed by atoms with Crippen molar-refractivity contribution in [1.29, 1.82) is 0 Å². The van der Waals surface area contributed by atoms with Gasteiger partial charge < -0.3 is 10.6 Å². The summed E-state index contributed by atoms with van der Waals surface area (Å²) in [5.41, 5.74) is 3.93. The zero-order valence-electron chi connectivity index (χ0n) is 17.1. The Kier molecular flexibility index (Phi) is 4.83. The van der Waals surface area contributed by atoms with Gasteiger partial charge in [0, 0.05) is 30.5 Å². The third-order valence-electron chi connectivity index (χ3n) is 5.54. The number of anilines is 2. The smallest absolute Gasteiger partial charge is 0.278 e. The molecule has 2 aromatic carbocycles. The van der Waals surface area contributed by atoms with Crippen LogP contribution in [0.5, 0.6) is 0 Å². The average molecular weight is 414 g/mol. The zero-order chi connectivity index (χ0) is 21.4. The van der Waals surface area contributed by atoms with E-state index >= 15 is 0 Å². The number of aromatic nitrogens is 4. The van der Waals surface area contributed by atoms with Gasteiger partial charge in [0.2, 0.25) is 5.95 Å². The van der Waals surface area contributed by atoms with Crippen LogP contribution in [0.15, 0.2) is 59.5 Å². The summed E-state index contributed by atoms with van der Waals surface area (Å²) in [6.07, 6.45) is 2.49. The van der Waals surface area contributed by atoms with Crippen molar-refractivity contribution < 1.29 is 4.79 Å². The number of carbonyl (C=O) groups excluding carboxylic acids is 1. The van der Waals surface area contributed by atoms with E-state index in [-0.39, 0.29) is 17.1 Å². The predicted octanol–water partition coefficient (Wildman–Crippen LogP) is 2.69. The monoisotopic (exact) mass is 414 g/mol. The van der Waals surface area contributed by atoms with Gasteiger partial charge in [-0.15, -0.1) is 0 Å². The molecular formula is C23H22N6O2. The molecule has 156 valence electrons. The van der Waals surface area contributed by atoms with E-state index in [0.717, 1.165) is 25.2 Å². The van der Waals surface area contributed by atoms with E-state index in [9.17, 15) is 9.59 Å². The molecule has 0 amide bonds. The van der Waals surface area contributed by atoms with E-state index < -0.39 is 0 Å². The minimum atomic E-state index is -0.306. The van der Waals surface area contributed by atoms with Gasteiger partial charge in [0.05, 0.1) is 0 Å². The van der Waals surface area contributed by atoms with Crippen molar-refractivity contribution in [3.63, 3.8) is 0 Å². The number of nitrogens with one attached hydrogen (secondary N) is 2. The predicted molar refractivity (Wildman–Crippen MR) is 119 cm³/mol. The van der Waals surface area contributed by atoms with Crippen LogP contribution in [0.4, 0.5) is 11.6 Å². The van der Waals surface area contributed by atoms with Crippen molar-refractivity contribution in [2.75, 3.05) is 11.9 Å². The summed E-state index contributed by atoms with van der Waals surface area (Å²) in [5, 5.41) is 6.89. The molecule has 0 fully saturated rings. The van der Waals surface area contributed by atoms with Crippen molar-refractivity contribution in [3.05, 3.63) is 81.8 Å². The summed E-state index contributed by atoms with van der Waals surface area (Å²) in [7, 11) is 0. The number of carbonyl (C=O) groups is 1. The molecule has 0 unspecified atom stereocenters. The van der Waals surface area contributed by atoms with Gasteiger partial charge in [-0.3, -0.25) is 9.59 Å². The van der Waals surface area contributed by atoms with E-state index in [0.29, 0.717) is 23.4 Å². The Hall–Kier alpha value is -3.78. The second-order valence-electron chi connectivity index (χ2n) is 7.47. The number of fused-ring (bicyclic) bond motifs is 2. The molecule has 1 aliphatic heterocycles. The van der Waals surface area contributed by atoms with E-state index in [1.807, 2.05) is 19.1 Å².